The Morgan fingerprint density at radius 1 is 0.531 bits per heavy atom. The maximum atomic E-state index is 6.08. The molecule has 0 aliphatic rings. The molecule has 0 radical (unpaired) electrons. The van der Waals surface area contributed by atoms with Gasteiger partial charge >= 0.3 is 0 Å². The Balaban J connectivity index is 1.22. The van der Waals surface area contributed by atoms with Crippen LogP contribution in [-0.2, 0) is 6.61 Å². The first-order valence-corrected chi connectivity index (χ1v) is 10.6. The summed E-state index contributed by atoms with van der Waals surface area (Å²) in [4.78, 5) is 0. The van der Waals surface area contributed by atoms with Crippen molar-refractivity contribution >= 4 is 21.9 Å². The van der Waals surface area contributed by atoms with Gasteiger partial charge in [-0.1, -0.05) is 72.8 Å². The van der Waals surface area contributed by atoms with Gasteiger partial charge < -0.3 is 13.6 Å². The third-order valence-electron chi connectivity index (χ3n) is 5.60. The van der Waals surface area contributed by atoms with E-state index >= 15 is 0 Å². The van der Waals surface area contributed by atoms with Crippen molar-refractivity contribution in [2.45, 2.75) is 6.61 Å². The van der Waals surface area contributed by atoms with Crippen molar-refractivity contribution in [1.82, 2.24) is 0 Å². The fourth-order valence-corrected chi connectivity index (χ4v) is 3.92. The van der Waals surface area contributed by atoms with E-state index < -0.39 is 0 Å². The molecule has 0 saturated heterocycles. The molecule has 32 heavy (non-hydrogen) atoms. The molecule has 0 unspecified atom stereocenters. The molecule has 3 heteroatoms. The molecule has 154 valence electrons. The summed E-state index contributed by atoms with van der Waals surface area (Å²) in [6.07, 6.45) is 0. The molecule has 0 fully saturated rings. The quantitative estimate of drug-likeness (QED) is 0.285. The van der Waals surface area contributed by atoms with Crippen molar-refractivity contribution < 1.29 is 13.6 Å². The van der Waals surface area contributed by atoms with Crippen LogP contribution in [0.3, 0.4) is 0 Å². The second-order valence-electron chi connectivity index (χ2n) is 7.81. The summed E-state index contributed by atoms with van der Waals surface area (Å²) in [5.74, 6) is 2.50. The Morgan fingerprint density at radius 3 is 1.72 bits per heavy atom. The van der Waals surface area contributed by atoms with Crippen LogP contribution in [0.1, 0.15) is 5.56 Å². The van der Waals surface area contributed by atoms with Gasteiger partial charge in [0.2, 0.25) is 0 Å². The zero-order valence-corrected chi connectivity index (χ0v) is 17.3. The van der Waals surface area contributed by atoms with Gasteiger partial charge in [0.25, 0.3) is 0 Å². The fourth-order valence-electron chi connectivity index (χ4n) is 3.92. The van der Waals surface area contributed by atoms with Crippen LogP contribution in [0.2, 0.25) is 0 Å². The van der Waals surface area contributed by atoms with Crippen LogP contribution >= 0.6 is 0 Å². The van der Waals surface area contributed by atoms with E-state index in [9.17, 15) is 0 Å². The number of rotatable bonds is 5. The normalized spacial score (nSPS) is 11.2. The molecular formula is C29H20O3. The number of ether oxygens (including phenoxy) is 1. The van der Waals surface area contributed by atoms with Crippen LogP contribution < -0.4 is 4.74 Å². The van der Waals surface area contributed by atoms with Crippen LogP contribution in [0.5, 0.6) is 5.75 Å². The summed E-state index contributed by atoms with van der Waals surface area (Å²) in [6.45, 7) is 0.453. The zero-order valence-electron chi connectivity index (χ0n) is 17.3. The molecule has 2 aromatic heterocycles. The molecule has 6 rings (SSSR count). The first-order valence-electron chi connectivity index (χ1n) is 10.6. The van der Waals surface area contributed by atoms with Gasteiger partial charge in [-0.15, -0.1) is 0 Å². The van der Waals surface area contributed by atoms with Crippen molar-refractivity contribution in [3.8, 4) is 28.4 Å². The summed E-state index contributed by atoms with van der Waals surface area (Å²) in [7, 11) is 0. The first kappa shape index (κ1) is 18.5. The van der Waals surface area contributed by atoms with Gasteiger partial charge in [-0.3, -0.25) is 0 Å². The minimum absolute atomic E-state index is 0.453. The highest BCUT2D eigenvalue weighted by Gasteiger charge is 2.09. The maximum Gasteiger partial charge on any atom is 0.138 e. The Hall–Kier alpha value is -4.24. The maximum absolute atomic E-state index is 6.08. The van der Waals surface area contributed by atoms with Gasteiger partial charge in [0.05, 0.1) is 0 Å². The molecule has 0 aliphatic carbocycles. The number of hydrogen-bond acceptors (Lipinski definition) is 3. The lowest BCUT2D eigenvalue weighted by molar-refractivity contribution is 0.306. The molecule has 0 bridgehead atoms. The minimum atomic E-state index is 0.453. The molecule has 0 spiro atoms. The molecule has 2 heterocycles. The standard InChI is InChI=1S/C29H20O3/c1-3-7-21(8-4-1)27-16-23-12-11-20(15-26(23)31-27)19-30-25-14-13-24-17-28(32-29(24)18-25)22-9-5-2-6-10-22/h1-18H,19H2. The predicted octanol–water partition coefficient (Wildman–Crippen LogP) is 8.09. The molecule has 4 aromatic carbocycles. The summed E-state index contributed by atoms with van der Waals surface area (Å²) >= 11 is 0. The molecule has 0 saturated carbocycles. The third kappa shape index (κ3) is 3.54. The molecule has 3 nitrogen and oxygen atoms in total. The number of benzene rings is 4. The van der Waals surface area contributed by atoms with E-state index in [0.717, 1.165) is 55.9 Å². The second kappa shape index (κ2) is 7.78. The van der Waals surface area contributed by atoms with Crippen LogP contribution in [-0.4, -0.2) is 0 Å². The van der Waals surface area contributed by atoms with E-state index in [1.165, 1.54) is 0 Å². The molecular weight excluding hydrogens is 396 g/mol. The summed E-state index contributed by atoms with van der Waals surface area (Å²) < 4.78 is 18.2. The monoisotopic (exact) mass is 416 g/mol. The molecule has 0 atom stereocenters. The summed E-state index contributed by atoms with van der Waals surface area (Å²) in [5.41, 5.74) is 4.86. The van der Waals surface area contributed by atoms with Crippen LogP contribution in [0.25, 0.3) is 44.6 Å². The average molecular weight is 416 g/mol. The van der Waals surface area contributed by atoms with Crippen molar-refractivity contribution in [3.05, 3.63) is 115 Å². The molecule has 0 N–H and O–H groups in total. The Bertz CT molecular complexity index is 1390. The van der Waals surface area contributed by atoms with Crippen molar-refractivity contribution in [3.63, 3.8) is 0 Å². The van der Waals surface area contributed by atoms with E-state index in [1.54, 1.807) is 0 Å². The van der Waals surface area contributed by atoms with Gasteiger partial charge in [-0.2, -0.15) is 0 Å². The highest BCUT2D eigenvalue weighted by molar-refractivity contribution is 5.84. The van der Waals surface area contributed by atoms with E-state index in [0.29, 0.717) is 6.61 Å². The van der Waals surface area contributed by atoms with Crippen molar-refractivity contribution in [2.75, 3.05) is 0 Å². The molecule has 0 amide bonds. The second-order valence-corrected chi connectivity index (χ2v) is 7.81. The smallest absolute Gasteiger partial charge is 0.138 e. The Kier molecular flexibility index (Phi) is 4.51. The molecule has 0 aliphatic heterocycles. The van der Waals surface area contributed by atoms with E-state index in [4.69, 9.17) is 13.6 Å². The number of furan rings is 2. The van der Waals surface area contributed by atoms with Crippen molar-refractivity contribution in [2.24, 2.45) is 0 Å². The summed E-state index contributed by atoms with van der Waals surface area (Å²) in [6, 6.07) is 36.5. The van der Waals surface area contributed by atoms with E-state index in [2.05, 4.69) is 36.4 Å². The van der Waals surface area contributed by atoms with Gasteiger partial charge in [0.1, 0.15) is 35.0 Å². The van der Waals surface area contributed by atoms with Crippen LogP contribution in [0, 0.1) is 0 Å². The predicted molar refractivity (Wildman–Crippen MR) is 128 cm³/mol. The van der Waals surface area contributed by atoms with Gasteiger partial charge in [0, 0.05) is 28.0 Å². The highest BCUT2D eigenvalue weighted by atomic mass is 16.5. The van der Waals surface area contributed by atoms with Crippen molar-refractivity contribution in [1.29, 1.82) is 0 Å². The van der Waals surface area contributed by atoms with Gasteiger partial charge in [0.15, 0.2) is 0 Å². The third-order valence-corrected chi connectivity index (χ3v) is 5.60. The minimum Gasteiger partial charge on any atom is -0.489 e. The van der Waals surface area contributed by atoms with Crippen LogP contribution in [0.4, 0.5) is 0 Å². The number of hydrogen-bond donors (Lipinski definition) is 0. The number of fused-ring (bicyclic) bond motifs is 2. The lowest BCUT2D eigenvalue weighted by Gasteiger charge is -2.06. The fraction of sp³-hybridized carbons (Fsp3) is 0.0345. The topological polar surface area (TPSA) is 35.5 Å². The Labute approximate surface area is 185 Å². The summed E-state index contributed by atoms with van der Waals surface area (Å²) in [5, 5.41) is 2.14. The SMILES string of the molecule is c1ccc(-c2cc3ccc(COc4ccc5cc(-c6ccccc6)oc5c4)cc3o2)cc1. The van der Waals surface area contributed by atoms with E-state index in [-0.39, 0.29) is 0 Å². The first-order chi connectivity index (χ1) is 15.8. The van der Waals surface area contributed by atoms with Gasteiger partial charge in [-0.05, 0) is 35.9 Å². The lowest BCUT2D eigenvalue weighted by atomic mass is 10.1. The molecule has 6 aromatic rings. The van der Waals surface area contributed by atoms with Gasteiger partial charge in [-0.25, -0.2) is 0 Å². The largest absolute Gasteiger partial charge is 0.489 e. The van der Waals surface area contributed by atoms with Crippen LogP contribution in [0.15, 0.2) is 118 Å². The zero-order chi connectivity index (χ0) is 21.3. The average Bonchev–Trinajstić information content (AvgIpc) is 3.47. The van der Waals surface area contributed by atoms with E-state index in [1.807, 2.05) is 72.8 Å². The Morgan fingerprint density at radius 2 is 1.09 bits per heavy atom. The highest BCUT2D eigenvalue weighted by Crippen LogP contribution is 2.31. The lowest BCUT2D eigenvalue weighted by Crippen LogP contribution is -1.94.